The number of benzene rings is 2. The van der Waals surface area contributed by atoms with Gasteiger partial charge in [0.05, 0.1) is 0 Å². The Hall–Kier alpha value is -2.16. The molecule has 2 aromatic carbocycles. The molecule has 0 bridgehead atoms. The highest BCUT2D eigenvalue weighted by molar-refractivity contribution is 5.80. The van der Waals surface area contributed by atoms with E-state index in [1.807, 2.05) is 35.9 Å². The van der Waals surface area contributed by atoms with Gasteiger partial charge in [0.25, 0.3) is 0 Å². The molecule has 0 N–H and O–H groups in total. The molecule has 96 valence electrons. The molecule has 1 nitrogen and oxygen atoms in total. The van der Waals surface area contributed by atoms with Crippen LogP contribution in [0.15, 0.2) is 48.7 Å². The molecular formula is C16H13F2N. The minimum Gasteiger partial charge on any atom is -0.343 e. The van der Waals surface area contributed by atoms with Crippen molar-refractivity contribution < 1.29 is 8.78 Å². The van der Waals surface area contributed by atoms with Crippen LogP contribution in [0.1, 0.15) is 11.1 Å². The van der Waals surface area contributed by atoms with Crippen molar-refractivity contribution in [3.8, 4) is 0 Å². The summed E-state index contributed by atoms with van der Waals surface area (Å²) >= 11 is 0. The second-order valence-electron chi connectivity index (χ2n) is 4.75. The molecule has 3 heteroatoms. The first-order valence-corrected chi connectivity index (χ1v) is 6.13. The lowest BCUT2D eigenvalue weighted by Crippen LogP contribution is -1.99. The molecule has 0 spiro atoms. The Morgan fingerprint density at radius 1 is 0.947 bits per heavy atom. The molecule has 0 saturated heterocycles. The van der Waals surface area contributed by atoms with E-state index in [0.717, 1.165) is 16.5 Å². The van der Waals surface area contributed by atoms with Gasteiger partial charge in [-0.3, -0.25) is 0 Å². The number of nitrogens with zero attached hydrogens (tertiary/aromatic N) is 1. The maximum atomic E-state index is 13.2. The van der Waals surface area contributed by atoms with Gasteiger partial charge < -0.3 is 4.57 Å². The summed E-state index contributed by atoms with van der Waals surface area (Å²) in [5, 5.41) is 1.16. The Kier molecular flexibility index (Phi) is 2.82. The number of hydrogen-bond donors (Lipinski definition) is 0. The van der Waals surface area contributed by atoms with Crippen LogP contribution in [0.2, 0.25) is 0 Å². The van der Waals surface area contributed by atoms with E-state index in [-0.39, 0.29) is 0 Å². The normalized spacial score (nSPS) is 11.1. The molecule has 0 aliphatic rings. The number of halogens is 2. The van der Waals surface area contributed by atoms with Crippen molar-refractivity contribution in [1.82, 2.24) is 4.57 Å². The highest BCUT2D eigenvalue weighted by atomic mass is 19.2. The highest BCUT2D eigenvalue weighted by Gasteiger charge is 2.05. The van der Waals surface area contributed by atoms with Gasteiger partial charge in [-0.1, -0.05) is 17.7 Å². The van der Waals surface area contributed by atoms with E-state index in [9.17, 15) is 8.78 Å². The number of aryl methyl sites for hydroxylation is 1. The lowest BCUT2D eigenvalue weighted by molar-refractivity contribution is 0.506. The molecule has 0 saturated carbocycles. The molecule has 3 aromatic rings. The Labute approximate surface area is 110 Å². The number of rotatable bonds is 2. The third kappa shape index (κ3) is 2.24. The van der Waals surface area contributed by atoms with Crippen LogP contribution in [0.25, 0.3) is 10.9 Å². The SMILES string of the molecule is Cc1ccc2c(ccn2Cc2ccc(F)c(F)c2)c1. The summed E-state index contributed by atoms with van der Waals surface area (Å²) in [6, 6.07) is 12.3. The molecule has 19 heavy (non-hydrogen) atoms. The zero-order valence-electron chi connectivity index (χ0n) is 10.5. The van der Waals surface area contributed by atoms with Gasteiger partial charge >= 0.3 is 0 Å². The minimum absolute atomic E-state index is 0.532. The van der Waals surface area contributed by atoms with E-state index in [2.05, 4.69) is 6.07 Å². The van der Waals surface area contributed by atoms with Crippen molar-refractivity contribution in [2.75, 3.05) is 0 Å². The number of aromatic nitrogens is 1. The first kappa shape index (κ1) is 11.9. The monoisotopic (exact) mass is 257 g/mol. The Balaban J connectivity index is 1.98. The average molecular weight is 257 g/mol. The summed E-state index contributed by atoms with van der Waals surface area (Å²) in [6.07, 6.45) is 1.96. The van der Waals surface area contributed by atoms with Crippen LogP contribution >= 0.6 is 0 Å². The van der Waals surface area contributed by atoms with Crippen molar-refractivity contribution in [3.63, 3.8) is 0 Å². The zero-order chi connectivity index (χ0) is 13.4. The van der Waals surface area contributed by atoms with E-state index >= 15 is 0 Å². The van der Waals surface area contributed by atoms with E-state index in [1.54, 1.807) is 6.07 Å². The van der Waals surface area contributed by atoms with Crippen molar-refractivity contribution >= 4 is 10.9 Å². The van der Waals surface area contributed by atoms with E-state index < -0.39 is 11.6 Å². The molecule has 1 aromatic heterocycles. The summed E-state index contributed by atoms with van der Waals surface area (Å²) in [7, 11) is 0. The molecular weight excluding hydrogens is 244 g/mol. The Morgan fingerprint density at radius 3 is 2.58 bits per heavy atom. The molecule has 1 heterocycles. The quantitative estimate of drug-likeness (QED) is 0.646. The summed E-state index contributed by atoms with van der Waals surface area (Å²) < 4.78 is 28.1. The summed E-state index contributed by atoms with van der Waals surface area (Å²) in [5.41, 5.74) is 3.05. The molecule has 0 atom stereocenters. The molecule has 0 fully saturated rings. The van der Waals surface area contributed by atoms with Gasteiger partial charge in [-0.05, 0) is 48.2 Å². The topological polar surface area (TPSA) is 4.93 Å². The summed E-state index contributed by atoms with van der Waals surface area (Å²) in [4.78, 5) is 0. The molecule has 0 radical (unpaired) electrons. The van der Waals surface area contributed by atoms with Gasteiger partial charge in [0.2, 0.25) is 0 Å². The zero-order valence-corrected chi connectivity index (χ0v) is 10.5. The Bertz CT molecular complexity index is 744. The van der Waals surface area contributed by atoms with Gasteiger partial charge in [0, 0.05) is 18.3 Å². The minimum atomic E-state index is -0.809. The van der Waals surface area contributed by atoms with E-state index in [4.69, 9.17) is 0 Å². The fourth-order valence-corrected chi connectivity index (χ4v) is 2.29. The van der Waals surface area contributed by atoms with Crippen molar-refractivity contribution in [2.24, 2.45) is 0 Å². The van der Waals surface area contributed by atoms with E-state index in [1.165, 1.54) is 17.7 Å². The highest BCUT2D eigenvalue weighted by Crippen LogP contribution is 2.19. The van der Waals surface area contributed by atoms with Crippen molar-refractivity contribution in [2.45, 2.75) is 13.5 Å². The van der Waals surface area contributed by atoms with Crippen LogP contribution in [0.5, 0.6) is 0 Å². The average Bonchev–Trinajstić information content (AvgIpc) is 2.76. The van der Waals surface area contributed by atoms with Crippen LogP contribution in [0.4, 0.5) is 8.78 Å². The molecule has 0 amide bonds. The van der Waals surface area contributed by atoms with Crippen LogP contribution in [-0.4, -0.2) is 4.57 Å². The van der Waals surface area contributed by atoms with E-state index in [0.29, 0.717) is 6.54 Å². The molecule has 0 aliphatic carbocycles. The molecule has 3 rings (SSSR count). The maximum Gasteiger partial charge on any atom is 0.159 e. The van der Waals surface area contributed by atoms with Gasteiger partial charge in [0.1, 0.15) is 0 Å². The second kappa shape index (κ2) is 4.50. The third-order valence-electron chi connectivity index (χ3n) is 3.26. The van der Waals surface area contributed by atoms with Crippen LogP contribution < -0.4 is 0 Å². The smallest absolute Gasteiger partial charge is 0.159 e. The van der Waals surface area contributed by atoms with Crippen LogP contribution in [0, 0.1) is 18.6 Å². The maximum absolute atomic E-state index is 13.2. The lowest BCUT2D eigenvalue weighted by Gasteiger charge is -2.06. The predicted octanol–water partition coefficient (Wildman–Crippen LogP) is 4.28. The largest absolute Gasteiger partial charge is 0.343 e. The van der Waals surface area contributed by atoms with Crippen LogP contribution in [-0.2, 0) is 6.54 Å². The fraction of sp³-hybridized carbons (Fsp3) is 0.125. The van der Waals surface area contributed by atoms with Crippen molar-refractivity contribution in [3.05, 3.63) is 71.4 Å². The van der Waals surface area contributed by atoms with Crippen LogP contribution in [0.3, 0.4) is 0 Å². The van der Waals surface area contributed by atoms with Gasteiger partial charge in [-0.25, -0.2) is 8.78 Å². The second-order valence-corrected chi connectivity index (χ2v) is 4.75. The first-order valence-electron chi connectivity index (χ1n) is 6.13. The van der Waals surface area contributed by atoms with Gasteiger partial charge in [0.15, 0.2) is 11.6 Å². The van der Waals surface area contributed by atoms with Gasteiger partial charge in [-0.2, -0.15) is 0 Å². The Morgan fingerprint density at radius 2 is 1.79 bits per heavy atom. The van der Waals surface area contributed by atoms with Crippen molar-refractivity contribution in [1.29, 1.82) is 0 Å². The third-order valence-corrected chi connectivity index (χ3v) is 3.26. The molecule has 0 aliphatic heterocycles. The lowest BCUT2D eigenvalue weighted by atomic mass is 10.2. The van der Waals surface area contributed by atoms with Gasteiger partial charge in [-0.15, -0.1) is 0 Å². The first-order chi connectivity index (χ1) is 9.13. The summed E-state index contributed by atoms with van der Waals surface area (Å²) in [6.45, 7) is 2.58. The predicted molar refractivity (Wildman–Crippen MR) is 72.1 cm³/mol. The number of fused-ring (bicyclic) bond motifs is 1. The molecule has 0 unspecified atom stereocenters. The summed E-state index contributed by atoms with van der Waals surface area (Å²) in [5.74, 6) is -1.61. The number of hydrogen-bond acceptors (Lipinski definition) is 0. The standard InChI is InChI=1S/C16H13F2N/c1-11-2-5-16-13(8-11)6-7-19(16)10-12-3-4-14(17)15(18)9-12/h2-9H,10H2,1H3. The fourth-order valence-electron chi connectivity index (χ4n) is 2.29.